The van der Waals surface area contributed by atoms with Crippen LogP contribution in [0, 0.1) is 0 Å². The molecule has 1 N–H and O–H groups in total. The van der Waals surface area contributed by atoms with Crippen molar-refractivity contribution in [2.45, 2.75) is 32.4 Å². The summed E-state index contributed by atoms with van der Waals surface area (Å²) in [5.74, 6) is 0.142. The van der Waals surface area contributed by atoms with Crippen molar-refractivity contribution >= 4 is 5.91 Å². The molecule has 4 nitrogen and oxygen atoms in total. The van der Waals surface area contributed by atoms with Gasteiger partial charge in [0.15, 0.2) is 0 Å². The highest BCUT2D eigenvalue weighted by atomic mass is 16.5. The SMILES string of the molecule is C=CCN(C(=O)CC1CNCCO1)C(C)C. The van der Waals surface area contributed by atoms with Gasteiger partial charge in [-0.1, -0.05) is 6.08 Å². The van der Waals surface area contributed by atoms with Crippen LogP contribution >= 0.6 is 0 Å². The summed E-state index contributed by atoms with van der Waals surface area (Å²) < 4.78 is 5.52. The predicted molar refractivity (Wildman–Crippen MR) is 64.3 cm³/mol. The summed E-state index contributed by atoms with van der Waals surface area (Å²) in [5, 5.41) is 3.22. The summed E-state index contributed by atoms with van der Waals surface area (Å²) in [5.41, 5.74) is 0. The minimum Gasteiger partial charge on any atom is -0.375 e. The molecule has 0 aliphatic carbocycles. The molecule has 4 heteroatoms. The van der Waals surface area contributed by atoms with Gasteiger partial charge in [0.2, 0.25) is 5.91 Å². The van der Waals surface area contributed by atoms with Gasteiger partial charge in [0.1, 0.15) is 0 Å². The number of amides is 1. The van der Waals surface area contributed by atoms with E-state index in [-0.39, 0.29) is 18.1 Å². The fraction of sp³-hybridized carbons (Fsp3) is 0.750. The van der Waals surface area contributed by atoms with E-state index < -0.39 is 0 Å². The van der Waals surface area contributed by atoms with Crippen LogP contribution < -0.4 is 5.32 Å². The topological polar surface area (TPSA) is 41.6 Å². The van der Waals surface area contributed by atoms with E-state index in [1.54, 1.807) is 6.08 Å². The van der Waals surface area contributed by atoms with E-state index in [0.717, 1.165) is 13.1 Å². The van der Waals surface area contributed by atoms with Gasteiger partial charge in [0, 0.05) is 25.7 Å². The molecule has 1 unspecified atom stereocenters. The minimum absolute atomic E-state index is 0.0207. The molecule has 0 aromatic carbocycles. The largest absolute Gasteiger partial charge is 0.375 e. The van der Waals surface area contributed by atoms with Gasteiger partial charge >= 0.3 is 0 Å². The molecule has 0 saturated carbocycles. The first-order valence-corrected chi connectivity index (χ1v) is 5.87. The van der Waals surface area contributed by atoms with E-state index in [1.807, 2.05) is 18.7 Å². The molecule has 0 aromatic rings. The fourth-order valence-electron chi connectivity index (χ4n) is 1.80. The third-order valence-corrected chi connectivity index (χ3v) is 2.68. The van der Waals surface area contributed by atoms with Crippen LogP contribution in [0.25, 0.3) is 0 Å². The van der Waals surface area contributed by atoms with Gasteiger partial charge in [0.25, 0.3) is 0 Å². The summed E-state index contributed by atoms with van der Waals surface area (Å²) in [6.07, 6.45) is 2.24. The first-order chi connectivity index (χ1) is 7.65. The quantitative estimate of drug-likeness (QED) is 0.705. The summed E-state index contributed by atoms with van der Waals surface area (Å²) in [6.45, 7) is 10.7. The van der Waals surface area contributed by atoms with Crippen LogP contribution in [0.1, 0.15) is 20.3 Å². The van der Waals surface area contributed by atoms with Gasteiger partial charge in [-0.2, -0.15) is 0 Å². The number of carbonyl (C=O) groups excluding carboxylic acids is 1. The van der Waals surface area contributed by atoms with Crippen molar-refractivity contribution in [2.75, 3.05) is 26.2 Å². The Bertz CT molecular complexity index is 235. The Morgan fingerprint density at radius 2 is 2.44 bits per heavy atom. The number of hydrogen-bond acceptors (Lipinski definition) is 3. The summed E-state index contributed by atoms with van der Waals surface area (Å²) >= 11 is 0. The molecule has 0 aromatic heterocycles. The maximum absolute atomic E-state index is 12.0. The number of nitrogens with zero attached hydrogens (tertiary/aromatic N) is 1. The third-order valence-electron chi connectivity index (χ3n) is 2.68. The second-order valence-electron chi connectivity index (χ2n) is 4.33. The Kier molecular flexibility index (Phi) is 5.49. The zero-order chi connectivity index (χ0) is 12.0. The van der Waals surface area contributed by atoms with Crippen molar-refractivity contribution in [2.24, 2.45) is 0 Å². The van der Waals surface area contributed by atoms with E-state index in [2.05, 4.69) is 11.9 Å². The molecule has 92 valence electrons. The normalized spacial score (nSPS) is 20.8. The molecule has 1 heterocycles. The Labute approximate surface area is 97.6 Å². The molecule has 16 heavy (non-hydrogen) atoms. The molecule has 1 aliphatic rings. The highest BCUT2D eigenvalue weighted by Crippen LogP contribution is 2.08. The number of nitrogens with one attached hydrogen (secondary N) is 1. The first-order valence-electron chi connectivity index (χ1n) is 5.87. The molecular formula is C12H22N2O2. The summed E-state index contributed by atoms with van der Waals surface area (Å²) in [4.78, 5) is 13.8. The van der Waals surface area contributed by atoms with Crippen LogP contribution in [-0.2, 0) is 9.53 Å². The van der Waals surface area contributed by atoms with Crippen LogP contribution in [0.2, 0.25) is 0 Å². The van der Waals surface area contributed by atoms with Gasteiger partial charge in [-0.15, -0.1) is 6.58 Å². The average Bonchev–Trinajstić information content (AvgIpc) is 2.26. The number of ether oxygens (including phenoxy) is 1. The summed E-state index contributed by atoms with van der Waals surface area (Å²) in [6, 6.07) is 0.210. The summed E-state index contributed by atoms with van der Waals surface area (Å²) in [7, 11) is 0. The fourth-order valence-corrected chi connectivity index (χ4v) is 1.80. The Balaban J connectivity index is 2.43. The zero-order valence-electron chi connectivity index (χ0n) is 10.2. The standard InChI is InChI=1S/C12H22N2O2/c1-4-6-14(10(2)3)12(15)8-11-9-13-5-7-16-11/h4,10-11,13H,1,5-9H2,2-3H3. The van der Waals surface area contributed by atoms with Crippen molar-refractivity contribution in [3.63, 3.8) is 0 Å². The van der Waals surface area contributed by atoms with E-state index in [4.69, 9.17) is 4.74 Å². The van der Waals surface area contributed by atoms with Crippen molar-refractivity contribution < 1.29 is 9.53 Å². The number of morpholine rings is 1. The molecule has 0 spiro atoms. The van der Waals surface area contributed by atoms with E-state index in [9.17, 15) is 4.79 Å². The molecule has 1 rings (SSSR count). The average molecular weight is 226 g/mol. The minimum atomic E-state index is 0.0207. The van der Waals surface area contributed by atoms with E-state index in [0.29, 0.717) is 19.6 Å². The van der Waals surface area contributed by atoms with Gasteiger partial charge in [0.05, 0.1) is 19.1 Å². The number of rotatable bonds is 5. The zero-order valence-corrected chi connectivity index (χ0v) is 10.2. The molecule has 1 amide bonds. The highest BCUT2D eigenvalue weighted by Gasteiger charge is 2.22. The lowest BCUT2D eigenvalue weighted by Crippen LogP contribution is -2.44. The molecule has 1 fully saturated rings. The second kappa shape index (κ2) is 6.66. The first kappa shape index (κ1) is 13.2. The van der Waals surface area contributed by atoms with Gasteiger partial charge in [-0.25, -0.2) is 0 Å². The maximum Gasteiger partial charge on any atom is 0.225 e. The van der Waals surface area contributed by atoms with Crippen molar-refractivity contribution in [3.05, 3.63) is 12.7 Å². The van der Waals surface area contributed by atoms with Crippen LogP contribution in [0.3, 0.4) is 0 Å². The van der Waals surface area contributed by atoms with Crippen LogP contribution in [0.15, 0.2) is 12.7 Å². The Morgan fingerprint density at radius 1 is 1.69 bits per heavy atom. The second-order valence-corrected chi connectivity index (χ2v) is 4.33. The van der Waals surface area contributed by atoms with Crippen molar-refractivity contribution in [1.82, 2.24) is 10.2 Å². The Hall–Kier alpha value is -0.870. The highest BCUT2D eigenvalue weighted by molar-refractivity contribution is 5.77. The van der Waals surface area contributed by atoms with Crippen LogP contribution in [0.5, 0.6) is 0 Å². The van der Waals surface area contributed by atoms with E-state index in [1.165, 1.54) is 0 Å². The lowest BCUT2D eigenvalue weighted by atomic mass is 10.2. The molecule has 1 saturated heterocycles. The Morgan fingerprint density at radius 3 is 2.94 bits per heavy atom. The van der Waals surface area contributed by atoms with Crippen LogP contribution in [0.4, 0.5) is 0 Å². The maximum atomic E-state index is 12.0. The molecule has 1 atom stereocenters. The van der Waals surface area contributed by atoms with Gasteiger partial charge in [-0.3, -0.25) is 4.79 Å². The van der Waals surface area contributed by atoms with Crippen molar-refractivity contribution in [1.29, 1.82) is 0 Å². The van der Waals surface area contributed by atoms with Crippen LogP contribution in [-0.4, -0.2) is 49.2 Å². The molecule has 0 bridgehead atoms. The molecular weight excluding hydrogens is 204 g/mol. The van der Waals surface area contributed by atoms with Gasteiger partial charge in [-0.05, 0) is 13.8 Å². The monoisotopic (exact) mass is 226 g/mol. The smallest absolute Gasteiger partial charge is 0.225 e. The molecule has 0 radical (unpaired) electrons. The lowest BCUT2D eigenvalue weighted by Gasteiger charge is -2.29. The van der Waals surface area contributed by atoms with Crippen molar-refractivity contribution in [3.8, 4) is 0 Å². The predicted octanol–water partition coefficient (Wildman–Crippen LogP) is 0.788. The van der Waals surface area contributed by atoms with E-state index >= 15 is 0 Å². The number of carbonyl (C=O) groups is 1. The molecule has 1 aliphatic heterocycles. The van der Waals surface area contributed by atoms with Gasteiger partial charge < -0.3 is 15.0 Å². The number of hydrogen-bond donors (Lipinski definition) is 1. The third kappa shape index (κ3) is 3.94. The lowest BCUT2D eigenvalue weighted by molar-refractivity contribution is -0.135.